The van der Waals surface area contributed by atoms with E-state index in [1.165, 1.54) is 22.3 Å². The zero-order valence-electron chi connectivity index (χ0n) is 19.5. The standard InChI is InChI=1S/C23H28ClN5O5S2/c24-20-8-7-17(35-20)9-13-36(33,34)27-19-6-3-11-28(23(19)32)15-21(30)29-12-2-4-16(29)14-26-22(31)18-5-1-10-25-18/h1,5,7-10,13,16,19,25,27H,2-4,6,11-12,14-15H2,(H,26,31)/t16-,19+/m1/s1. The summed E-state index contributed by atoms with van der Waals surface area (Å²) in [7, 11) is -3.87. The number of nitrogens with zero attached hydrogens (tertiary/aromatic N) is 2. The SMILES string of the molecule is O=C(NC[C@H]1CCCN1C(=O)CN1CCC[C@H](NS(=O)(=O)C=Cc2ccc(Cl)s2)C1=O)c1ccc[nH]1. The van der Waals surface area contributed by atoms with Crippen molar-refractivity contribution in [3.63, 3.8) is 0 Å². The monoisotopic (exact) mass is 553 g/mol. The third-order valence-electron chi connectivity index (χ3n) is 6.21. The van der Waals surface area contributed by atoms with Crippen LogP contribution in [-0.2, 0) is 19.6 Å². The highest BCUT2D eigenvalue weighted by Gasteiger charge is 2.35. The number of sulfonamides is 1. The van der Waals surface area contributed by atoms with Gasteiger partial charge in [0.2, 0.25) is 21.8 Å². The summed E-state index contributed by atoms with van der Waals surface area (Å²) in [5.41, 5.74) is 0.451. The molecule has 2 aliphatic rings. The number of halogens is 1. The maximum atomic E-state index is 13.0. The van der Waals surface area contributed by atoms with Crippen molar-refractivity contribution in [2.75, 3.05) is 26.2 Å². The van der Waals surface area contributed by atoms with E-state index < -0.39 is 22.0 Å². The molecule has 36 heavy (non-hydrogen) atoms. The van der Waals surface area contributed by atoms with Crippen LogP contribution in [0.2, 0.25) is 4.34 Å². The predicted molar refractivity (Wildman–Crippen MR) is 138 cm³/mol. The number of aromatic amines is 1. The number of rotatable bonds is 9. The van der Waals surface area contributed by atoms with Crippen LogP contribution >= 0.6 is 22.9 Å². The van der Waals surface area contributed by atoms with Gasteiger partial charge in [-0.05, 0) is 56.0 Å². The van der Waals surface area contributed by atoms with Crippen LogP contribution < -0.4 is 10.0 Å². The Balaban J connectivity index is 1.31. The molecule has 2 atom stereocenters. The molecule has 0 bridgehead atoms. The molecule has 0 aromatic carbocycles. The Hall–Kier alpha value is -2.67. The lowest BCUT2D eigenvalue weighted by molar-refractivity contribution is -0.143. The smallest absolute Gasteiger partial charge is 0.267 e. The molecule has 3 N–H and O–H groups in total. The van der Waals surface area contributed by atoms with Crippen LogP contribution in [0.1, 0.15) is 41.0 Å². The Morgan fingerprint density at radius 2 is 2.00 bits per heavy atom. The van der Waals surface area contributed by atoms with Crippen LogP contribution in [0.15, 0.2) is 35.9 Å². The van der Waals surface area contributed by atoms with E-state index in [2.05, 4.69) is 15.0 Å². The lowest BCUT2D eigenvalue weighted by atomic mass is 10.1. The van der Waals surface area contributed by atoms with Gasteiger partial charge in [-0.15, -0.1) is 11.3 Å². The molecule has 2 aromatic rings. The van der Waals surface area contributed by atoms with Crippen molar-refractivity contribution in [2.45, 2.75) is 37.8 Å². The number of thiophene rings is 1. The number of aromatic nitrogens is 1. The van der Waals surface area contributed by atoms with Gasteiger partial charge in [0, 0.05) is 42.2 Å². The van der Waals surface area contributed by atoms with Crippen LogP contribution in [0.25, 0.3) is 6.08 Å². The lowest BCUT2D eigenvalue weighted by Crippen LogP contribution is -2.55. The average molecular weight is 554 g/mol. The molecule has 2 saturated heterocycles. The van der Waals surface area contributed by atoms with E-state index >= 15 is 0 Å². The van der Waals surface area contributed by atoms with Crippen molar-refractivity contribution >= 4 is 56.8 Å². The second kappa shape index (κ2) is 11.6. The second-order valence-electron chi connectivity index (χ2n) is 8.74. The normalized spacial score (nSPS) is 20.9. The Morgan fingerprint density at radius 3 is 2.72 bits per heavy atom. The number of nitrogens with one attached hydrogen (secondary N) is 3. The van der Waals surface area contributed by atoms with Crippen molar-refractivity contribution in [3.05, 3.63) is 50.8 Å². The third-order valence-corrected chi connectivity index (χ3v) is 8.51. The summed E-state index contributed by atoms with van der Waals surface area (Å²) in [4.78, 5) is 44.9. The van der Waals surface area contributed by atoms with Gasteiger partial charge in [0.25, 0.3) is 5.91 Å². The summed E-state index contributed by atoms with van der Waals surface area (Å²) in [6, 6.07) is 5.71. The van der Waals surface area contributed by atoms with Crippen molar-refractivity contribution in [1.82, 2.24) is 24.8 Å². The van der Waals surface area contributed by atoms with E-state index in [1.54, 1.807) is 35.4 Å². The Labute approximate surface area is 218 Å². The van der Waals surface area contributed by atoms with Gasteiger partial charge in [0.1, 0.15) is 11.7 Å². The molecule has 0 spiro atoms. The Kier molecular flexibility index (Phi) is 8.50. The number of hydrogen-bond donors (Lipinski definition) is 3. The molecule has 0 radical (unpaired) electrons. The Morgan fingerprint density at radius 1 is 1.19 bits per heavy atom. The summed E-state index contributed by atoms with van der Waals surface area (Å²) in [6.07, 6.45) is 5.60. The molecule has 4 rings (SSSR count). The van der Waals surface area contributed by atoms with E-state index in [4.69, 9.17) is 11.6 Å². The van der Waals surface area contributed by atoms with E-state index in [0.717, 1.165) is 18.2 Å². The Bertz CT molecular complexity index is 1230. The fraction of sp³-hybridized carbons (Fsp3) is 0.435. The number of amides is 3. The van der Waals surface area contributed by atoms with Crippen LogP contribution in [0.4, 0.5) is 0 Å². The molecular weight excluding hydrogens is 526 g/mol. The van der Waals surface area contributed by atoms with E-state index in [-0.39, 0.29) is 24.4 Å². The van der Waals surface area contributed by atoms with Crippen LogP contribution in [0, 0.1) is 0 Å². The van der Waals surface area contributed by atoms with Crippen molar-refractivity contribution in [3.8, 4) is 0 Å². The highest BCUT2D eigenvalue weighted by atomic mass is 35.5. The first kappa shape index (κ1) is 26.4. The first-order valence-electron chi connectivity index (χ1n) is 11.7. The average Bonchev–Trinajstić information content (AvgIpc) is 3.61. The van der Waals surface area contributed by atoms with Crippen LogP contribution in [0.5, 0.6) is 0 Å². The van der Waals surface area contributed by atoms with E-state index in [1.807, 2.05) is 0 Å². The van der Waals surface area contributed by atoms with Gasteiger partial charge in [-0.25, -0.2) is 8.42 Å². The molecule has 194 valence electrons. The summed E-state index contributed by atoms with van der Waals surface area (Å²) in [5, 5.41) is 3.86. The summed E-state index contributed by atoms with van der Waals surface area (Å²) >= 11 is 7.11. The van der Waals surface area contributed by atoms with Gasteiger partial charge in [-0.2, -0.15) is 4.72 Å². The van der Waals surface area contributed by atoms with Gasteiger partial charge < -0.3 is 20.1 Å². The van der Waals surface area contributed by atoms with Crippen LogP contribution in [0.3, 0.4) is 0 Å². The maximum Gasteiger partial charge on any atom is 0.267 e. The van der Waals surface area contributed by atoms with Gasteiger partial charge in [-0.3, -0.25) is 14.4 Å². The first-order chi connectivity index (χ1) is 17.2. The quantitative estimate of drug-likeness (QED) is 0.437. The summed E-state index contributed by atoms with van der Waals surface area (Å²) < 4.78 is 28.0. The molecule has 0 aliphatic carbocycles. The minimum atomic E-state index is -3.87. The van der Waals surface area contributed by atoms with E-state index in [0.29, 0.717) is 47.4 Å². The van der Waals surface area contributed by atoms with Gasteiger partial charge >= 0.3 is 0 Å². The van der Waals surface area contributed by atoms with Gasteiger partial charge in [0.05, 0.1) is 10.9 Å². The minimum Gasteiger partial charge on any atom is -0.357 e. The zero-order chi connectivity index (χ0) is 25.7. The number of likely N-dealkylation sites (tertiary alicyclic amines) is 2. The highest BCUT2D eigenvalue weighted by molar-refractivity contribution is 7.92. The van der Waals surface area contributed by atoms with Crippen molar-refractivity contribution in [1.29, 1.82) is 0 Å². The summed E-state index contributed by atoms with van der Waals surface area (Å²) in [5.74, 6) is -0.864. The fourth-order valence-electron chi connectivity index (χ4n) is 4.43. The molecule has 4 heterocycles. The minimum absolute atomic E-state index is 0.123. The predicted octanol–water partition coefficient (Wildman–Crippen LogP) is 2.03. The third kappa shape index (κ3) is 6.75. The molecule has 3 amide bonds. The molecule has 0 saturated carbocycles. The number of carbonyl (C=O) groups is 3. The van der Waals surface area contributed by atoms with Crippen LogP contribution in [-0.4, -0.2) is 79.2 Å². The number of carbonyl (C=O) groups excluding carboxylic acids is 3. The molecule has 10 nitrogen and oxygen atoms in total. The first-order valence-corrected chi connectivity index (χ1v) is 14.4. The largest absolute Gasteiger partial charge is 0.357 e. The molecule has 2 fully saturated rings. The maximum absolute atomic E-state index is 13.0. The number of hydrogen-bond acceptors (Lipinski definition) is 6. The molecule has 13 heteroatoms. The topological polar surface area (TPSA) is 132 Å². The fourth-order valence-corrected chi connectivity index (χ4v) is 6.50. The van der Waals surface area contributed by atoms with Crippen molar-refractivity contribution in [2.24, 2.45) is 0 Å². The van der Waals surface area contributed by atoms with Gasteiger partial charge in [-0.1, -0.05) is 11.6 Å². The zero-order valence-corrected chi connectivity index (χ0v) is 21.9. The van der Waals surface area contributed by atoms with E-state index in [9.17, 15) is 22.8 Å². The molecule has 0 unspecified atom stereocenters. The number of piperidine rings is 1. The second-order valence-corrected chi connectivity index (χ2v) is 12.1. The molecule has 2 aliphatic heterocycles. The molecule has 2 aromatic heterocycles. The number of H-pyrrole nitrogens is 1. The highest BCUT2D eigenvalue weighted by Crippen LogP contribution is 2.23. The summed E-state index contributed by atoms with van der Waals surface area (Å²) in [6.45, 7) is 1.13. The lowest BCUT2D eigenvalue weighted by Gasteiger charge is -2.34. The molecular formula is C23H28ClN5O5S2. The van der Waals surface area contributed by atoms with Crippen molar-refractivity contribution < 1.29 is 22.8 Å². The van der Waals surface area contributed by atoms with Gasteiger partial charge in [0.15, 0.2) is 0 Å².